The number of rotatable bonds is 3. The molecular formula is C11H12IN3OS. The third-order valence-corrected chi connectivity index (χ3v) is 4.13. The number of halogens is 1. The first kappa shape index (κ1) is 12.6. The Hall–Kier alpha value is -0.890. The van der Waals surface area contributed by atoms with Gasteiger partial charge in [0.1, 0.15) is 0 Å². The summed E-state index contributed by atoms with van der Waals surface area (Å²) < 4.78 is 2.86. The molecular weight excluding hydrogens is 349 g/mol. The zero-order chi connectivity index (χ0) is 12.4. The largest absolute Gasteiger partial charge is 0.337 e. The van der Waals surface area contributed by atoms with Crippen molar-refractivity contribution in [3.63, 3.8) is 0 Å². The Labute approximate surface area is 117 Å². The molecule has 2 rings (SSSR count). The maximum absolute atomic E-state index is 12.1. The van der Waals surface area contributed by atoms with Crippen LogP contribution < -0.4 is 0 Å². The quantitative estimate of drug-likeness (QED) is 0.788. The van der Waals surface area contributed by atoms with Gasteiger partial charge in [0.15, 0.2) is 0 Å². The highest BCUT2D eigenvalue weighted by molar-refractivity contribution is 14.1. The molecule has 4 nitrogen and oxygen atoms in total. The molecule has 0 atom stereocenters. The molecule has 0 bridgehead atoms. The fourth-order valence-corrected chi connectivity index (χ4v) is 2.86. The van der Waals surface area contributed by atoms with Crippen LogP contribution >= 0.6 is 33.9 Å². The third-order valence-electron chi connectivity index (χ3n) is 2.34. The van der Waals surface area contributed by atoms with E-state index in [1.807, 2.05) is 24.7 Å². The molecule has 0 radical (unpaired) electrons. The minimum Gasteiger partial charge on any atom is -0.337 e. The molecule has 1 amide bonds. The highest BCUT2D eigenvalue weighted by atomic mass is 127. The van der Waals surface area contributed by atoms with Crippen molar-refractivity contribution in [2.24, 2.45) is 7.05 Å². The molecule has 0 N–H and O–H groups in total. The van der Waals surface area contributed by atoms with Gasteiger partial charge < -0.3 is 4.90 Å². The summed E-state index contributed by atoms with van der Waals surface area (Å²) in [5.41, 5.74) is 1.79. The standard InChI is InChI=1S/C11H12IN3OS/c1-14(5-8-4-13-15(2)6-8)11(16)9-3-10(12)17-7-9/h3-4,6-7H,5H2,1-2H3. The van der Waals surface area contributed by atoms with E-state index in [0.717, 1.165) is 14.0 Å². The molecule has 0 unspecified atom stereocenters. The van der Waals surface area contributed by atoms with Crippen LogP contribution in [0.2, 0.25) is 0 Å². The molecule has 0 aliphatic heterocycles. The molecule has 0 aromatic carbocycles. The van der Waals surface area contributed by atoms with Crippen molar-refractivity contribution >= 4 is 39.8 Å². The van der Waals surface area contributed by atoms with Crippen LogP contribution in [0.15, 0.2) is 23.8 Å². The molecule has 17 heavy (non-hydrogen) atoms. The molecule has 0 fully saturated rings. The molecule has 2 aromatic rings. The van der Waals surface area contributed by atoms with Crippen molar-refractivity contribution in [1.29, 1.82) is 0 Å². The second-order valence-electron chi connectivity index (χ2n) is 3.82. The SMILES string of the molecule is CN(Cc1cnn(C)c1)C(=O)c1csc(I)c1. The van der Waals surface area contributed by atoms with E-state index in [9.17, 15) is 4.79 Å². The molecule has 0 saturated carbocycles. The van der Waals surface area contributed by atoms with Crippen LogP contribution in [-0.4, -0.2) is 27.6 Å². The van der Waals surface area contributed by atoms with E-state index >= 15 is 0 Å². The number of aromatic nitrogens is 2. The third kappa shape index (κ3) is 3.06. The van der Waals surface area contributed by atoms with Gasteiger partial charge >= 0.3 is 0 Å². The van der Waals surface area contributed by atoms with Crippen molar-refractivity contribution in [3.8, 4) is 0 Å². The predicted molar refractivity (Wildman–Crippen MR) is 76.0 cm³/mol. The Morgan fingerprint density at radius 1 is 1.65 bits per heavy atom. The van der Waals surface area contributed by atoms with Crippen LogP contribution in [-0.2, 0) is 13.6 Å². The van der Waals surface area contributed by atoms with Crippen molar-refractivity contribution in [2.75, 3.05) is 7.05 Å². The summed E-state index contributed by atoms with van der Waals surface area (Å²) in [6.45, 7) is 0.582. The first-order valence-electron chi connectivity index (χ1n) is 5.03. The van der Waals surface area contributed by atoms with Crippen molar-refractivity contribution in [3.05, 3.63) is 37.9 Å². The second-order valence-corrected chi connectivity index (χ2v) is 6.63. The lowest BCUT2D eigenvalue weighted by atomic mass is 10.2. The molecule has 0 aliphatic rings. The summed E-state index contributed by atoms with van der Waals surface area (Å²) in [5.74, 6) is 0.0491. The Morgan fingerprint density at radius 2 is 2.41 bits per heavy atom. The van der Waals surface area contributed by atoms with Crippen molar-refractivity contribution < 1.29 is 4.79 Å². The summed E-state index contributed by atoms with van der Waals surface area (Å²) in [7, 11) is 3.67. The smallest absolute Gasteiger partial charge is 0.254 e. The monoisotopic (exact) mass is 361 g/mol. The topological polar surface area (TPSA) is 38.1 Å². The lowest BCUT2D eigenvalue weighted by Gasteiger charge is -2.15. The van der Waals surface area contributed by atoms with Crippen molar-refractivity contribution in [1.82, 2.24) is 14.7 Å². The van der Waals surface area contributed by atoms with Crippen molar-refractivity contribution in [2.45, 2.75) is 6.54 Å². The summed E-state index contributed by atoms with van der Waals surface area (Å²) in [4.78, 5) is 13.8. The van der Waals surface area contributed by atoms with E-state index in [-0.39, 0.29) is 5.91 Å². The van der Waals surface area contributed by atoms with E-state index in [1.54, 1.807) is 34.2 Å². The Morgan fingerprint density at radius 3 is 2.94 bits per heavy atom. The number of aryl methyl sites for hydroxylation is 1. The summed E-state index contributed by atoms with van der Waals surface area (Å²) in [5, 5.41) is 5.98. The number of carbonyl (C=O) groups excluding carboxylic acids is 1. The Kier molecular flexibility index (Phi) is 3.82. The van der Waals surface area contributed by atoms with E-state index < -0.39 is 0 Å². The average Bonchev–Trinajstić information content (AvgIpc) is 2.87. The fourth-order valence-electron chi connectivity index (χ4n) is 1.54. The predicted octanol–water partition coefficient (Wildman–Crippen LogP) is 2.36. The molecule has 6 heteroatoms. The van der Waals surface area contributed by atoms with Gasteiger partial charge in [0.2, 0.25) is 0 Å². The van der Waals surface area contributed by atoms with Gasteiger partial charge in [-0.05, 0) is 28.7 Å². The van der Waals surface area contributed by atoms with Gasteiger partial charge in [-0.1, -0.05) is 0 Å². The highest BCUT2D eigenvalue weighted by Gasteiger charge is 2.14. The highest BCUT2D eigenvalue weighted by Crippen LogP contribution is 2.18. The van der Waals surface area contributed by atoms with Gasteiger partial charge in [-0.25, -0.2) is 0 Å². The lowest BCUT2D eigenvalue weighted by Crippen LogP contribution is -2.25. The number of carbonyl (C=O) groups is 1. The summed E-state index contributed by atoms with van der Waals surface area (Å²) in [6, 6.07) is 1.91. The van der Waals surface area contributed by atoms with E-state index in [4.69, 9.17) is 0 Å². The van der Waals surface area contributed by atoms with Crippen LogP contribution in [0.5, 0.6) is 0 Å². The normalized spacial score (nSPS) is 10.5. The molecule has 0 saturated heterocycles. The summed E-state index contributed by atoms with van der Waals surface area (Å²) >= 11 is 3.80. The summed E-state index contributed by atoms with van der Waals surface area (Å²) in [6.07, 6.45) is 3.70. The maximum Gasteiger partial charge on any atom is 0.254 e. The van der Waals surface area contributed by atoms with E-state index in [1.165, 1.54) is 0 Å². The Balaban J connectivity index is 2.05. The van der Waals surface area contributed by atoms with Crippen LogP contribution in [0.3, 0.4) is 0 Å². The number of nitrogens with zero attached hydrogens (tertiary/aromatic N) is 3. The van der Waals surface area contributed by atoms with Crippen LogP contribution in [0.1, 0.15) is 15.9 Å². The first-order chi connectivity index (χ1) is 8.06. The van der Waals surface area contributed by atoms with Crippen LogP contribution in [0.4, 0.5) is 0 Å². The number of thiophene rings is 1. The average molecular weight is 361 g/mol. The van der Waals surface area contributed by atoms with E-state index in [0.29, 0.717) is 6.54 Å². The number of hydrogen-bond acceptors (Lipinski definition) is 3. The lowest BCUT2D eigenvalue weighted by molar-refractivity contribution is 0.0785. The van der Waals surface area contributed by atoms with Gasteiger partial charge in [-0.3, -0.25) is 9.48 Å². The minimum atomic E-state index is 0.0491. The van der Waals surface area contributed by atoms with Gasteiger partial charge in [-0.2, -0.15) is 5.10 Å². The van der Waals surface area contributed by atoms with Gasteiger partial charge in [0.05, 0.1) is 14.6 Å². The molecule has 2 heterocycles. The zero-order valence-electron chi connectivity index (χ0n) is 9.55. The zero-order valence-corrected chi connectivity index (χ0v) is 12.5. The number of amides is 1. The first-order valence-corrected chi connectivity index (χ1v) is 6.99. The van der Waals surface area contributed by atoms with Gasteiger partial charge in [0.25, 0.3) is 5.91 Å². The second kappa shape index (κ2) is 5.18. The molecule has 2 aromatic heterocycles. The minimum absolute atomic E-state index is 0.0491. The molecule has 0 spiro atoms. The molecule has 90 valence electrons. The Bertz CT molecular complexity index is 534. The molecule has 0 aliphatic carbocycles. The maximum atomic E-state index is 12.1. The van der Waals surface area contributed by atoms with Gasteiger partial charge in [0, 0.05) is 37.8 Å². The fraction of sp³-hybridized carbons (Fsp3) is 0.273. The van der Waals surface area contributed by atoms with Crippen LogP contribution in [0.25, 0.3) is 0 Å². The van der Waals surface area contributed by atoms with Gasteiger partial charge in [-0.15, -0.1) is 11.3 Å². The van der Waals surface area contributed by atoms with Crippen LogP contribution in [0, 0.1) is 2.88 Å². The van der Waals surface area contributed by atoms with E-state index in [2.05, 4.69) is 27.7 Å². The number of hydrogen-bond donors (Lipinski definition) is 0.